The maximum atomic E-state index is 5.91. The van der Waals surface area contributed by atoms with Crippen molar-refractivity contribution in [2.75, 3.05) is 13.2 Å². The van der Waals surface area contributed by atoms with Crippen LogP contribution >= 0.6 is 22.9 Å². The zero-order valence-electron chi connectivity index (χ0n) is 11.0. The maximum absolute atomic E-state index is 5.91. The smallest absolute Gasteiger partial charge is 0.0931 e. The van der Waals surface area contributed by atoms with E-state index in [4.69, 9.17) is 16.3 Å². The van der Waals surface area contributed by atoms with Crippen LogP contribution in [-0.4, -0.2) is 19.3 Å². The fourth-order valence-electron chi connectivity index (χ4n) is 2.49. The predicted octanol–water partition coefficient (Wildman–Crippen LogP) is 4.09. The van der Waals surface area contributed by atoms with Gasteiger partial charge in [-0.3, -0.25) is 0 Å². The van der Waals surface area contributed by atoms with Crippen LogP contribution in [0.2, 0.25) is 4.34 Å². The zero-order valence-corrected chi connectivity index (χ0v) is 12.5. The maximum Gasteiger partial charge on any atom is 0.0931 e. The second kappa shape index (κ2) is 7.49. The highest BCUT2D eigenvalue weighted by Crippen LogP contribution is 2.25. The molecule has 2 atom stereocenters. The Morgan fingerprint density at radius 2 is 2.33 bits per heavy atom. The molecule has 1 saturated carbocycles. The molecule has 0 amide bonds. The van der Waals surface area contributed by atoms with E-state index in [9.17, 15) is 0 Å². The number of nitrogens with one attached hydrogen (secondary N) is 1. The van der Waals surface area contributed by atoms with Crippen LogP contribution in [-0.2, 0) is 11.3 Å². The van der Waals surface area contributed by atoms with E-state index < -0.39 is 0 Å². The highest BCUT2D eigenvalue weighted by molar-refractivity contribution is 7.16. The fraction of sp³-hybridized carbons (Fsp3) is 0.714. The Bertz CT molecular complexity index is 355. The van der Waals surface area contributed by atoms with E-state index in [1.807, 2.05) is 6.07 Å². The molecule has 2 unspecified atom stereocenters. The average Bonchev–Trinajstić information content (AvgIpc) is 2.75. The van der Waals surface area contributed by atoms with E-state index in [-0.39, 0.29) is 0 Å². The molecule has 0 saturated heterocycles. The van der Waals surface area contributed by atoms with Crippen LogP contribution < -0.4 is 5.32 Å². The van der Waals surface area contributed by atoms with Crippen LogP contribution in [0.1, 0.15) is 37.5 Å². The van der Waals surface area contributed by atoms with Gasteiger partial charge in [-0.1, -0.05) is 31.4 Å². The first-order valence-electron chi connectivity index (χ1n) is 6.80. The molecular formula is C14H22ClNOS. The van der Waals surface area contributed by atoms with Gasteiger partial charge in [-0.05, 0) is 30.9 Å². The first-order chi connectivity index (χ1) is 8.74. The molecule has 0 aromatic carbocycles. The van der Waals surface area contributed by atoms with E-state index in [2.05, 4.69) is 18.3 Å². The van der Waals surface area contributed by atoms with Crippen molar-refractivity contribution in [3.05, 3.63) is 21.3 Å². The largest absolute Gasteiger partial charge is 0.377 e. The van der Waals surface area contributed by atoms with Gasteiger partial charge in [0.05, 0.1) is 17.0 Å². The van der Waals surface area contributed by atoms with Gasteiger partial charge in [-0.2, -0.15) is 0 Å². The molecule has 1 fully saturated rings. The van der Waals surface area contributed by atoms with Crippen molar-refractivity contribution in [2.45, 2.75) is 45.3 Å². The molecule has 0 aliphatic heterocycles. The van der Waals surface area contributed by atoms with E-state index in [1.165, 1.54) is 30.6 Å². The lowest BCUT2D eigenvalue weighted by Crippen LogP contribution is -2.26. The third-order valence-electron chi connectivity index (χ3n) is 3.45. The number of ether oxygens (including phenoxy) is 1. The molecule has 1 aromatic heterocycles. The Morgan fingerprint density at radius 3 is 3.06 bits per heavy atom. The van der Waals surface area contributed by atoms with Crippen molar-refractivity contribution in [3.8, 4) is 0 Å². The molecule has 1 heterocycles. The van der Waals surface area contributed by atoms with Crippen molar-refractivity contribution in [1.82, 2.24) is 5.32 Å². The summed E-state index contributed by atoms with van der Waals surface area (Å²) in [4.78, 5) is 1.28. The third-order valence-corrected chi connectivity index (χ3v) is 4.68. The third kappa shape index (κ3) is 4.88. The topological polar surface area (TPSA) is 21.3 Å². The minimum atomic E-state index is 0.492. The van der Waals surface area contributed by atoms with Gasteiger partial charge in [0.25, 0.3) is 0 Å². The first kappa shape index (κ1) is 14.3. The Kier molecular flexibility index (Phi) is 5.96. The minimum Gasteiger partial charge on any atom is -0.377 e. The summed E-state index contributed by atoms with van der Waals surface area (Å²) in [5.41, 5.74) is 0. The monoisotopic (exact) mass is 287 g/mol. The normalized spacial score (nSPS) is 24.3. The highest BCUT2D eigenvalue weighted by Gasteiger charge is 2.18. The van der Waals surface area contributed by atoms with E-state index in [0.29, 0.717) is 6.10 Å². The molecule has 102 valence electrons. The number of hydrogen-bond donors (Lipinski definition) is 1. The molecule has 0 bridgehead atoms. The minimum absolute atomic E-state index is 0.492. The summed E-state index contributed by atoms with van der Waals surface area (Å²) in [6.45, 7) is 4.95. The number of rotatable bonds is 6. The second-order valence-corrected chi connectivity index (χ2v) is 6.95. The highest BCUT2D eigenvalue weighted by atomic mass is 35.5. The van der Waals surface area contributed by atoms with E-state index in [1.54, 1.807) is 11.3 Å². The molecule has 0 radical (unpaired) electrons. The van der Waals surface area contributed by atoms with Gasteiger partial charge in [0.1, 0.15) is 0 Å². The lowest BCUT2D eigenvalue weighted by Gasteiger charge is -2.26. The van der Waals surface area contributed by atoms with Gasteiger partial charge in [0, 0.05) is 18.0 Å². The number of hydrogen-bond acceptors (Lipinski definition) is 3. The van der Waals surface area contributed by atoms with Gasteiger partial charge >= 0.3 is 0 Å². The van der Waals surface area contributed by atoms with E-state index >= 15 is 0 Å². The molecule has 1 aliphatic rings. The van der Waals surface area contributed by atoms with Crippen LogP contribution in [0.15, 0.2) is 12.1 Å². The fourth-order valence-corrected chi connectivity index (χ4v) is 3.54. The summed E-state index contributed by atoms with van der Waals surface area (Å²) in [6.07, 6.45) is 5.67. The second-order valence-electron chi connectivity index (χ2n) is 5.15. The zero-order chi connectivity index (χ0) is 12.8. The van der Waals surface area contributed by atoms with Crippen LogP contribution in [0.25, 0.3) is 0 Å². The Labute approximate surface area is 119 Å². The molecule has 4 heteroatoms. The van der Waals surface area contributed by atoms with Crippen molar-refractivity contribution >= 4 is 22.9 Å². The molecule has 2 nitrogen and oxygen atoms in total. The number of halogens is 1. The molecule has 2 rings (SSSR count). The molecule has 18 heavy (non-hydrogen) atoms. The molecule has 1 aromatic rings. The Hall–Kier alpha value is -0.0900. The molecule has 1 N–H and O–H groups in total. The number of thiophene rings is 1. The quantitative estimate of drug-likeness (QED) is 0.796. The summed E-state index contributed by atoms with van der Waals surface area (Å²) in [5, 5.41) is 3.39. The molecular weight excluding hydrogens is 266 g/mol. The summed E-state index contributed by atoms with van der Waals surface area (Å²) in [5.74, 6) is 0.838. The van der Waals surface area contributed by atoms with Crippen LogP contribution in [0, 0.1) is 5.92 Å². The summed E-state index contributed by atoms with van der Waals surface area (Å²) >= 11 is 7.52. The SMILES string of the molecule is CC1CCCC(OCCNCc2ccc(Cl)s2)C1. The van der Waals surface area contributed by atoms with Gasteiger partial charge in [-0.15, -0.1) is 11.3 Å². The van der Waals surface area contributed by atoms with Crippen LogP contribution in [0.3, 0.4) is 0 Å². The van der Waals surface area contributed by atoms with Gasteiger partial charge in [0.2, 0.25) is 0 Å². The van der Waals surface area contributed by atoms with Crippen LogP contribution in [0.5, 0.6) is 0 Å². The van der Waals surface area contributed by atoms with Crippen molar-refractivity contribution in [2.24, 2.45) is 5.92 Å². The van der Waals surface area contributed by atoms with Crippen molar-refractivity contribution < 1.29 is 4.74 Å². The average molecular weight is 288 g/mol. The molecule has 1 aliphatic carbocycles. The predicted molar refractivity (Wildman–Crippen MR) is 78.4 cm³/mol. The van der Waals surface area contributed by atoms with Crippen LogP contribution in [0.4, 0.5) is 0 Å². The van der Waals surface area contributed by atoms with Crippen molar-refractivity contribution in [1.29, 1.82) is 0 Å². The summed E-state index contributed by atoms with van der Waals surface area (Å²) in [7, 11) is 0. The van der Waals surface area contributed by atoms with Gasteiger partial charge < -0.3 is 10.1 Å². The standard InChI is InChI=1S/C14H22ClNOS/c1-11-3-2-4-12(9-11)17-8-7-16-10-13-5-6-14(15)18-13/h5-6,11-12,16H,2-4,7-10H2,1H3. The Morgan fingerprint density at radius 1 is 1.44 bits per heavy atom. The molecule has 0 spiro atoms. The lowest BCUT2D eigenvalue weighted by molar-refractivity contribution is 0.0173. The lowest BCUT2D eigenvalue weighted by atomic mass is 9.89. The van der Waals surface area contributed by atoms with Crippen molar-refractivity contribution in [3.63, 3.8) is 0 Å². The van der Waals surface area contributed by atoms with Gasteiger partial charge in [0.15, 0.2) is 0 Å². The van der Waals surface area contributed by atoms with E-state index in [0.717, 1.165) is 30.0 Å². The summed E-state index contributed by atoms with van der Waals surface area (Å²) in [6, 6.07) is 4.02. The van der Waals surface area contributed by atoms with Gasteiger partial charge in [-0.25, -0.2) is 0 Å². The summed E-state index contributed by atoms with van der Waals surface area (Å²) < 4.78 is 6.77. The Balaban J connectivity index is 1.53. The first-order valence-corrected chi connectivity index (χ1v) is 8.00.